The average molecular weight is 523 g/mol. The molecular weight excluding hydrogens is 484 g/mol. The first-order chi connectivity index (χ1) is 19.0. The summed E-state index contributed by atoms with van der Waals surface area (Å²) in [5.74, 6) is 1.00. The second-order valence-corrected chi connectivity index (χ2v) is 11.2. The van der Waals surface area contributed by atoms with Gasteiger partial charge in [-0.2, -0.15) is 4.98 Å². The Labute approximate surface area is 230 Å². The standard InChI is InChI=1S/C32H38N6O/c1-22(2)24-9-7-23(8-10-24)19-25-20-26-21-34-32(36-30(26)38(31(25)39)29-5-3-4-6-29)35-27-11-13-28(14-12-27)37-17-15-33-16-18-37/h7-14,20-22,29,33H,3-6,15-19H2,1-2H3,(H,34,35,36). The maximum atomic E-state index is 13.9. The predicted octanol–water partition coefficient (Wildman–Crippen LogP) is 5.77. The molecule has 2 fully saturated rings. The first kappa shape index (κ1) is 25.6. The van der Waals surface area contributed by atoms with Crippen molar-refractivity contribution in [1.29, 1.82) is 0 Å². The number of rotatable bonds is 7. The summed E-state index contributed by atoms with van der Waals surface area (Å²) in [7, 11) is 0. The molecule has 0 radical (unpaired) electrons. The van der Waals surface area contributed by atoms with Gasteiger partial charge in [-0.25, -0.2) is 4.98 Å². The van der Waals surface area contributed by atoms with Crippen LogP contribution in [-0.2, 0) is 6.42 Å². The zero-order valence-electron chi connectivity index (χ0n) is 23.0. The molecule has 202 valence electrons. The Bertz CT molecular complexity index is 1480. The topological polar surface area (TPSA) is 75.1 Å². The molecule has 3 heterocycles. The van der Waals surface area contributed by atoms with Crippen LogP contribution in [0.15, 0.2) is 65.6 Å². The highest BCUT2D eigenvalue weighted by molar-refractivity contribution is 5.77. The van der Waals surface area contributed by atoms with Crippen molar-refractivity contribution in [2.45, 2.75) is 57.9 Å². The number of nitrogens with zero attached hydrogens (tertiary/aromatic N) is 4. The number of fused-ring (bicyclic) bond motifs is 1. The molecule has 7 nitrogen and oxygen atoms in total. The lowest BCUT2D eigenvalue weighted by Crippen LogP contribution is -2.43. The summed E-state index contributed by atoms with van der Waals surface area (Å²) in [6.45, 7) is 8.46. The quantitative estimate of drug-likeness (QED) is 0.321. The molecule has 0 amide bonds. The minimum atomic E-state index is 0.0763. The second-order valence-electron chi connectivity index (χ2n) is 11.2. The molecule has 4 aromatic rings. The molecule has 1 saturated heterocycles. The number of pyridine rings is 1. The summed E-state index contributed by atoms with van der Waals surface area (Å²) in [6.07, 6.45) is 6.79. The Morgan fingerprint density at radius 3 is 2.41 bits per heavy atom. The summed E-state index contributed by atoms with van der Waals surface area (Å²) >= 11 is 0. The number of hydrogen-bond donors (Lipinski definition) is 2. The third-order valence-electron chi connectivity index (χ3n) is 8.18. The minimum Gasteiger partial charge on any atom is -0.369 e. The lowest BCUT2D eigenvalue weighted by atomic mass is 9.99. The minimum absolute atomic E-state index is 0.0763. The fourth-order valence-corrected chi connectivity index (χ4v) is 5.91. The van der Waals surface area contributed by atoms with Crippen molar-refractivity contribution in [1.82, 2.24) is 19.9 Å². The smallest absolute Gasteiger partial charge is 0.256 e. The van der Waals surface area contributed by atoms with Gasteiger partial charge in [-0.15, -0.1) is 0 Å². The molecule has 6 rings (SSSR count). The number of benzene rings is 2. The van der Waals surface area contributed by atoms with Crippen molar-refractivity contribution in [2.24, 2.45) is 0 Å². The fourth-order valence-electron chi connectivity index (χ4n) is 5.91. The van der Waals surface area contributed by atoms with Crippen LogP contribution >= 0.6 is 0 Å². The van der Waals surface area contributed by atoms with Gasteiger partial charge in [0.1, 0.15) is 5.65 Å². The molecule has 1 aliphatic heterocycles. The Morgan fingerprint density at radius 2 is 1.72 bits per heavy atom. The van der Waals surface area contributed by atoms with Gasteiger partial charge in [-0.05, 0) is 60.2 Å². The third-order valence-corrected chi connectivity index (χ3v) is 8.18. The zero-order valence-corrected chi connectivity index (χ0v) is 23.0. The van der Waals surface area contributed by atoms with Crippen LogP contribution in [0.5, 0.6) is 0 Å². The molecule has 2 aliphatic rings. The zero-order chi connectivity index (χ0) is 26.8. The number of nitrogens with one attached hydrogen (secondary N) is 2. The molecule has 0 unspecified atom stereocenters. The number of anilines is 3. The molecular formula is C32H38N6O. The molecule has 39 heavy (non-hydrogen) atoms. The molecule has 2 N–H and O–H groups in total. The van der Waals surface area contributed by atoms with E-state index >= 15 is 0 Å². The van der Waals surface area contributed by atoms with E-state index in [-0.39, 0.29) is 11.6 Å². The van der Waals surface area contributed by atoms with E-state index in [4.69, 9.17) is 4.98 Å². The van der Waals surface area contributed by atoms with E-state index in [1.54, 1.807) is 0 Å². The van der Waals surface area contributed by atoms with E-state index in [1.807, 2.05) is 16.8 Å². The Hall–Kier alpha value is -3.71. The van der Waals surface area contributed by atoms with Crippen molar-refractivity contribution in [3.8, 4) is 0 Å². The van der Waals surface area contributed by atoms with Gasteiger partial charge in [0.2, 0.25) is 5.95 Å². The molecule has 7 heteroatoms. The van der Waals surface area contributed by atoms with Crippen LogP contribution < -0.4 is 21.1 Å². The van der Waals surface area contributed by atoms with Gasteiger partial charge >= 0.3 is 0 Å². The van der Waals surface area contributed by atoms with Gasteiger partial charge < -0.3 is 15.5 Å². The number of aromatic nitrogens is 3. The fraction of sp³-hybridized carbons (Fsp3) is 0.406. The maximum Gasteiger partial charge on any atom is 0.256 e. The normalized spacial score (nSPS) is 16.3. The van der Waals surface area contributed by atoms with Gasteiger partial charge in [0.15, 0.2) is 0 Å². The second kappa shape index (κ2) is 11.2. The van der Waals surface area contributed by atoms with Crippen molar-refractivity contribution < 1.29 is 0 Å². The van der Waals surface area contributed by atoms with Gasteiger partial charge in [0.25, 0.3) is 5.56 Å². The van der Waals surface area contributed by atoms with Gasteiger partial charge in [-0.1, -0.05) is 51.0 Å². The highest BCUT2D eigenvalue weighted by Gasteiger charge is 2.23. The van der Waals surface area contributed by atoms with Crippen molar-refractivity contribution >= 4 is 28.4 Å². The summed E-state index contributed by atoms with van der Waals surface area (Å²) < 4.78 is 1.96. The molecule has 0 atom stereocenters. The van der Waals surface area contributed by atoms with Gasteiger partial charge in [0, 0.05) is 67.2 Å². The van der Waals surface area contributed by atoms with Gasteiger partial charge in [0.05, 0.1) is 0 Å². The largest absolute Gasteiger partial charge is 0.369 e. The number of piperazine rings is 1. The molecule has 0 spiro atoms. The van der Waals surface area contributed by atoms with E-state index in [2.05, 4.69) is 82.9 Å². The van der Waals surface area contributed by atoms with E-state index in [9.17, 15) is 4.79 Å². The summed E-state index contributed by atoms with van der Waals surface area (Å²) in [5.41, 5.74) is 6.23. The summed E-state index contributed by atoms with van der Waals surface area (Å²) in [6, 6.07) is 19.3. The third kappa shape index (κ3) is 5.55. The molecule has 0 bridgehead atoms. The van der Waals surface area contributed by atoms with E-state index in [1.165, 1.54) is 11.3 Å². The maximum absolute atomic E-state index is 13.9. The first-order valence-electron chi connectivity index (χ1n) is 14.4. The molecule has 2 aromatic heterocycles. The van der Waals surface area contributed by atoms with Crippen LogP contribution in [0.25, 0.3) is 11.0 Å². The van der Waals surface area contributed by atoms with Crippen LogP contribution in [0.4, 0.5) is 17.3 Å². The summed E-state index contributed by atoms with van der Waals surface area (Å²) in [4.78, 5) is 25.8. The molecule has 1 aliphatic carbocycles. The lowest BCUT2D eigenvalue weighted by Gasteiger charge is -2.29. The first-order valence-corrected chi connectivity index (χ1v) is 14.4. The molecule has 1 saturated carbocycles. The average Bonchev–Trinajstić information content (AvgIpc) is 3.49. The number of hydrogen-bond acceptors (Lipinski definition) is 6. The lowest BCUT2D eigenvalue weighted by molar-refractivity contribution is 0.513. The Morgan fingerprint density at radius 1 is 1.00 bits per heavy atom. The van der Waals surface area contributed by atoms with E-state index in [0.29, 0.717) is 18.3 Å². The van der Waals surface area contributed by atoms with Crippen molar-refractivity contribution in [2.75, 3.05) is 36.4 Å². The molecule has 2 aromatic carbocycles. The van der Waals surface area contributed by atoms with Crippen LogP contribution in [0.2, 0.25) is 0 Å². The van der Waals surface area contributed by atoms with Crippen LogP contribution in [0.3, 0.4) is 0 Å². The van der Waals surface area contributed by atoms with Gasteiger partial charge in [-0.3, -0.25) is 9.36 Å². The monoisotopic (exact) mass is 522 g/mol. The van der Waals surface area contributed by atoms with Crippen molar-refractivity contribution in [3.05, 3.63) is 87.8 Å². The van der Waals surface area contributed by atoms with E-state index in [0.717, 1.165) is 79.7 Å². The Balaban J connectivity index is 1.30. The van der Waals surface area contributed by atoms with E-state index < -0.39 is 0 Å². The predicted molar refractivity (Wildman–Crippen MR) is 159 cm³/mol. The van der Waals surface area contributed by atoms with Crippen LogP contribution in [0, 0.1) is 0 Å². The van der Waals surface area contributed by atoms with Crippen LogP contribution in [0.1, 0.15) is 68.2 Å². The van der Waals surface area contributed by atoms with Crippen molar-refractivity contribution in [3.63, 3.8) is 0 Å². The summed E-state index contributed by atoms with van der Waals surface area (Å²) in [5, 5.41) is 7.67. The highest BCUT2D eigenvalue weighted by atomic mass is 16.1. The van der Waals surface area contributed by atoms with Crippen LogP contribution in [-0.4, -0.2) is 40.7 Å². The highest BCUT2D eigenvalue weighted by Crippen LogP contribution is 2.31. The SMILES string of the molecule is CC(C)c1ccc(Cc2cc3cnc(Nc4ccc(N5CCNCC5)cc4)nc3n(C3CCCC3)c2=O)cc1. The Kier molecular flexibility index (Phi) is 7.33.